The molecule has 0 spiro atoms. The second kappa shape index (κ2) is 7.61. The lowest BCUT2D eigenvalue weighted by Gasteiger charge is -2.24. The minimum absolute atomic E-state index is 0.0742. The van der Waals surface area contributed by atoms with Crippen LogP contribution in [0, 0.1) is 0 Å². The number of imide groups is 1. The molecule has 0 N–H and O–H groups in total. The topological polar surface area (TPSA) is 72.9 Å². The Hall–Kier alpha value is -3.15. The number of carbonyl (C=O) groups excluding carboxylic acids is 3. The quantitative estimate of drug-likeness (QED) is 0.579. The molecule has 2 atom stereocenters. The van der Waals surface area contributed by atoms with Crippen molar-refractivity contribution >= 4 is 18.0 Å². The molecule has 1 aliphatic rings. The van der Waals surface area contributed by atoms with Gasteiger partial charge in [0.05, 0.1) is 12.6 Å². The van der Waals surface area contributed by atoms with Crippen molar-refractivity contribution in [3.05, 3.63) is 71.8 Å². The maximum Gasteiger partial charge on any atom is 0.418 e. The van der Waals surface area contributed by atoms with E-state index in [1.165, 1.54) is 0 Å². The first kappa shape index (κ1) is 18.6. The number of nitrogens with zero attached hydrogens (tertiary/aromatic N) is 1. The maximum absolute atomic E-state index is 13.3. The molecule has 2 amide bonds. The molecule has 0 aliphatic carbocycles. The second-order valence-electron chi connectivity index (χ2n) is 6.34. The zero-order valence-electron chi connectivity index (χ0n) is 15.3. The van der Waals surface area contributed by atoms with E-state index < -0.39 is 29.6 Å². The predicted molar refractivity (Wildman–Crippen MR) is 97.7 cm³/mol. The van der Waals surface area contributed by atoms with Gasteiger partial charge in [-0.05, 0) is 25.0 Å². The summed E-state index contributed by atoms with van der Waals surface area (Å²) in [6, 6.07) is 17.5. The van der Waals surface area contributed by atoms with Crippen LogP contribution in [0.3, 0.4) is 0 Å². The van der Waals surface area contributed by atoms with E-state index in [0.29, 0.717) is 5.56 Å². The van der Waals surface area contributed by atoms with Crippen molar-refractivity contribution in [2.24, 2.45) is 0 Å². The fourth-order valence-corrected chi connectivity index (χ4v) is 3.18. The largest absolute Gasteiger partial charge is 0.463 e. The zero-order valence-corrected chi connectivity index (χ0v) is 15.3. The molecule has 2 unspecified atom stereocenters. The number of hydrogen-bond acceptors (Lipinski definition) is 5. The van der Waals surface area contributed by atoms with Gasteiger partial charge in [-0.2, -0.15) is 0 Å². The number of benzene rings is 2. The molecular formula is C21H21NO5. The molecule has 140 valence electrons. The Morgan fingerprint density at radius 3 is 2.26 bits per heavy atom. The van der Waals surface area contributed by atoms with Crippen molar-refractivity contribution in [3.8, 4) is 0 Å². The van der Waals surface area contributed by atoms with Gasteiger partial charge in [-0.15, -0.1) is 0 Å². The van der Waals surface area contributed by atoms with E-state index in [2.05, 4.69) is 0 Å². The van der Waals surface area contributed by atoms with Gasteiger partial charge in [-0.3, -0.25) is 4.79 Å². The van der Waals surface area contributed by atoms with Gasteiger partial charge < -0.3 is 9.47 Å². The molecule has 0 bridgehead atoms. The molecule has 2 aromatic carbocycles. The van der Waals surface area contributed by atoms with E-state index in [9.17, 15) is 14.4 Å². The highest BCUT2D eigenvalue weighted by molar-refractivity contribution is 6.16. The third kappa shape index (κ3) is 3.43. The summed E-state index contributed by atoms with van der Waals surface area (Å²) >= 11 is 0. The number of cyclic esters (lactones) is 1. The SMILES string of the molecule is CCOC(=O)C1(Cc2ccccc2)OC(=O)N(C(C)c2ccccc2)C1=O. The van der Waals surface area contributed by atoms with Crippen LogP contribution in [0.2, 0.25) is 0 Å². The highest BCUT2D eigenvalue weighted by atomic mass is 16.6. The zero-order chi connectivity index (χ0) is 19.4. The first-order valence-corrected chi connectivity index (χ1v) is 8.82. The van der Waals surface area contributed by atoms with Crippen molar-refractivity contribution in [3.63, 3.8) is 0 Å². The van der Waals surface area contributed by atoms with E-state index in [1.807, 2.05) is 36.4 Å². The van der Waals surface area contributed by atoms with Crippen LogP contribution >= 0.6 is 0 Å². The summed E-state index contributed by atoms with van der Waals surface area (Å²) in [7, 11) is 0. The fourth-order valence-electron chi connectivity index (χ4n) is 3.18. The normalized spacial score (nSPS) is 20.3. The van der Waals surface area contributed by atoms with Crippen LogP contribution in [0.4, 0.5) is 4.79 Å². The number of ether oxygens (including phenoxy) is 2. The van der Waals surface area contributed by atoms with Crippen LogP contribution in [0.25, 0.3) is 0 Å². The van der Waals surface area contributed by atoms with Gasteiger partial charge in [0.15, 0.2) is 0 Å². The highest BCUT2D eigenvalue weighted by Crippen LogP contribution is 2.35. The Morgan fingerprint density at radius 2 is 1.67 bits per heavy atom. The summed E-state index contributed by atoms with van der Waals surface area (Å²) < 4.78 is 10.5. The molecule has 1 saturated heterocycles. The van der Waals surface area contributed by atoms with E-state index in [1.54, 1.807) is 38.1 Å². The highest BCUT2D eigenvalue weighted by Gasteiger charge is 2.61. The minimum Gasteiger partial charge on any atom is -0.463 e. The van der Waals surface area contributed by atoms with Crippen molar-refractivity contribution in [1.29, 1.82) is 0 Å². The van der Waals surface area contributed by atoms with Crippen molar-refractivity contribution in [1.82, 2.24) is 4.90 Å². The lowest BCUT2D eigenvalue weighted by atomic mass is 9.92. The molecule has 1 fully saturated rings. The van der Waals surface area contributed by atoms with Crippen molar-refractivity contribution < 1.29 is 23.9 Å². The van der Waals surface area contributed by atoms with Gasteiger partial charge in [0, 0.05) is 6.42 Å². The van der Waals surface area contributed by atoms with Crippen molar-refractivity contribution in [2.75, 3.05) is 6.61 Å². The van der Waals surface area contributed by atoms with E-state index in [0.717, 1.165) is 10.5 Å². The minimum atomic E-state index is -2.00. The summed E-state index contributed by atoms with van der Waals surface area (Å²) in [6.07, 6.45) is -0.921. The van der Waals surface area contributed by atoms with Gasteiger partial charge in [-0.1, -0.05) is 60.7 Å². The van der Waals surface area contributed by atoms with Crippen LogP contribution in [0.15, 0.2) is 60.7 Å². The van der Waals surface area contributed by atoms with Gasteiger partial charge in [0.25, 0.3) is 11.5 Å². The summed E-state index contributed by atoms with van der Waals surface area (Å²) in [4.78, 5) is 39.5. The Morgan fingerprint density at radius 1 is 1.07 bits per heavy atom. The van der Waals surface area contributed by atoms with Gasteiger partial charge in [0.2, 0.25) is 0 Å². The molecule has 27 heavy (non-hydrogen) atoms. The lowest BCUT2D eigenvalue weighted by molar-refractivity contribution is -0.167. The fraction of sp³-hybridized carbons (Fsp3) is 0.286. The third-order valence-corrected chi connectivity index (χ3v) is 4.59. The Bertz CT molecular complexity index is 836. The number of esters is 1. The lowest BCUT2D eigenvalue weighted by Crippen LogP contribution is -2.51. The monoisotopic (exact) mass is 367 g/mol. The molecule has 0 radical (unpaired) electrons. The summed E-state index contributed by atoms with van der Waals surface area (Å²) in [5.41, 5.74) is -0.541. The van der Waals surface area contributed by atoms with E-state index in [4.69, 9.17) is 9.47 Å². The third-order valence-electron chi connectivity index (χ3n) is 4.59. The molecule has 6 nitrogen and oxygen atoms in total. The van der Waals surface area contributed by atoms with Crippen LogP contribution in [-0.4, -0.2) is 35.1 Å². The number of amides is 2. The Kier molecular flexibility index (Phi) is 5.26. The summed E-state index contributed by atoms with van der Waals surface area (Å²) in [6.45, 7) is 3.44. The van der Waals surface area contributed by atoms with Crippen LogP contribution in [0.5, 0.6) is 0 Å². The van der Waals surface area contributed by atoms with Crippen molar-refractivity contribution in [2.45, 2.75) is 31.9 Å². The van der Waals surface area contributed by atoms with Gasteiger partial charge in [-0.25, -0.2) is 14.5 Å². The average molecular weight is 367 g/mol. The van der Waals surface area contributed by atoms with E-state index in [-0.39, 0.29) is 13.0 Å². The molecule has 1 heterocycles. The molecule has 0 aromatic heterocycles. The smallest absolute Gasteiger partial charge is 0.418 e. The first-order valence-electron chi connectivity index (χ1n) is 8.82. The standard InChI is InChI=1S/C21H21NO5/c1-3-26-19(24)21(14-16-10-6-4-7-11-16)18(23)22(20(25)27-21)15(2)17-12-8-5-9-13-17/h4-13,15H,3,14H2,1-2H3. The number of hydrogen-bond donors (Lipinski definition) is 0. The second-order valence-corrected chi connectivity index (χ2v) is 6.34. The maximum atomic E-state index is 13.3. The average Bonchev–Trinajstić information content (AvgIpc) is 2.93. The molecule has 6 heteroatoms. The summed E-state index contributed by atoms with van der Waals surface area (Å²) in [5.74, 6) is -1.55. The first-order chi connectivity index (χ1) is 13.0. The molecular weight excluding hydrogens is 346 g/mol. The number of rotatable bonds is 6. The van der Waals surface area contributed by atoms with Gasteiger partial charge in [0.1, 0.15) is 0 Å². The number of carbonyl (C=O) groups is 3. The van der Waals surface area contributed by atoms with E-state index >= 15 is 0 Å². The Labute approximate surface area is 157 Å². The van der Waals surface area contributed by atoms with Crippen LogP contribution in [0.1, 0.15) is 31.0 Å². The molecule has 3 rings (SSSR count). The molecule has 0 saturated carbocycles. The van der Waals surface area contributed by atoms with Crippen LogP contribution in [-0.2, 0) is 25.5 Å². The molecule has 1 aliphatic heterocycles. The Balaban J connectivity index is 1.98. The summed E-state index contributed by atoms with van der Waals surface area (Å²) in [5, 5.41) is 0. The predicted octanol–water partition coefficient (Wildman–Crippen LogP) is 3.27. The molecule has 2 aromatic rings. The van der Waals surface area contributed by atoms with Crippen LogP contribution < -0.4 is 0 Å². The van der Waals surface area contributed by atoms with Gasteiger partial charge >= 0.3 is 12.1 Å².